The molecule has 0 fully saturated rings. The van der Waals surface area contributed by atoms with Crippen LogP contribution in [-0.2, 0) is 0 Å². The second-order valence-corrected chi connectivity index (χ2v) is 3.65. The molecule has 0 amide bonds. The van der Waals surface area contributed by atoms with E-state index in [1.807, 2.05) is 25.1 Å². The second kappa shape index (κ2) is 4.88. The van der Waals surface area contributed by atoms with Crippen molar-refractivity contribution in [2.75, 3.05) is 12.3 Å². The van der Waals surface area contributed by atoms with Crippen LogP contribution in [0.4, 0.5) is 5.82 Å². The van der Waals surface area contributed by atoms with Crippen molar-refractivity contribution in [2.24, 2.45) is 0 Å². The maximum Gasteiger partial charge on any atom is 0.125 e. The molecule has 0 radical (unpaired) electrons. The largest absolute Gasteiger partial charge is 0.494 e. The van der Waals surface area contributed by atoms with Crippen molar-refractivity contribution >= 4 is 5.82 Å². The van der Waals surface area contributed by atoms with Gasteiger partial charge in [0.15, 0.2) is 0 Å². The molecule has 1 aromatic carbocycles. The number of benzene rings is 1. The number of anilines is 1. The van der Waals surface area contributed by atoms with Crippen molar-refractivity contribution in [1.82, 2.24) is 10.2 Å². The number of ether oxygens (including phenoxy) is 1. The summed E-state index contributed by atoms with van der Waals surface area (Å²) in [5, 5.41) is 16.5. The second-order valence-electron chi connectivity index (χ2n) is 3.65. The highest BCUT2D eigenvalue weighted by atomic mass is 16.5. The molecule has 1 heterocycles. The SMILES string of the molecule is CCOc1cccc(C(O)c2cn[nH]c2N)c1. The minimum atomic E-state index is -0.797. The van der Waals surface area contributed by atoms with E-state index in [0.29, 0.717) is 18.0 Å². The van der Waals surface area contributed by atoms with Crippen LogP contribution >= 0.6 is 0 Å². The first-order valence-electron chi connectivity index (χ1n) is 5.42. The predicted octanol–water partition coefficient (Wildman–Crippen LogP) is 1.47. The van der Waals surface area contributed by atoms with Crippen molar-refractivity contribution in [2.45, 2.75) is 13.0 Å². The first kappa shape index (κ1) is 11.5. The molecular formula is C12H15N3O2. The number of H-pyrrole nitrogens is 1. The summed E-state index contributed by atoms with van der Waals surface area (Å²) in [6.07, 6.45) is 0.724. The molecule has 0 saturated carbocycles. The van der Waals surface area contributed by atoms with Gasteiger partial charge in [-0.3, -0.25) is 5.10 Å². The normalized spacial score (nSPS) is 12.4. The topological polar surface area (TPSA) is 84.2 Å². The van der Waals surface area contributed by atoms with E-state index in [2.05, 4.69) is 10.2 Å². The Morgan fingerprint density at radius 3 is 3.00 bits per heavy atom. The number of aromatic nitrogens is 2. The van der Waals surface area contributed by atoms with E-state index in [1.54, 1.807) is 6.07 Å². The van der Waals surface area contributed by atoms with Gasteiger partial charge in [0, 0.05) is 5.56 Å². The highest BCUT2D eigenvalue weighted by Crippen LogP contribution is 2.27. The van der Waals surface area contributed by atoms with Gasteiger partial charge in [0.1, 0.15) is 17.7 Å². The summed E-state index contributed by atoms with van der Waals surface area (Å²) in [5.41, 5.74) is 6.96. The Morgan fingerprint density at radius 1 is 1.53 bits per heavy atom. The number of aliphatic hydroxyl groups is 1. The summed E-state index contributed by atoms with van der Waals surface area (Å²) in [6, 6.07) is 7.29. The van der Waals surface area contributed by atoms with Crippen LogP contribution in [0.25, 0.3) is 0 Å². The Labute approximate surface area is 99.2 Å². The average Bonchev–Trinajstić information content (AvgIpc) is 2.75. The number of nitrogens with one attached hydrogen (secondary N) is 1. The highest BCUT2D eigenvalue weighted by molar-refractivity contribution is 5.44. The standard InChI is InChI=1S/C12H15N3O2/c1-2-17-9-5-3-4-8(6-9)11(16)10-7-14-15-12(10)13/h3-7,11,16H,2H2,1H3,(H3,13,14,15). The van der Waals surface area contributed by atoms with Gasteiger partial charge in [-0.25, -0.2) is 0 Å². The molecule has 0 aliphatic carbocycles. The van der Waals surface area contributed by atoms with Gasteiger partial charge in [-0.15, -0.1) is 0 Å². The number of hydrogen-bond acceptors (Lipinski definition) is 4. The molecule has 1 unspecified atom stereocenters. The minimum Gasteiger partial charge on any atom is -0.494 e. The maximum atomic E-state index is 10.2. The summed E-state index contributed by atoms with van der Waals surface area (Å²) in [6.45, 7) is 2.50. The number of nitrogen functional groups attached to an aromatic ring is 1. The van der Waals surface area contributed by atoms with E-state index in [9.17, 15) is 5.11 Å². The molecule has 0 saturated heterocycles. The molecule has 0 spiro atoms. The first-order chi connectivity index (χ1) is 8.22. The highest BCUT2D eigenvalue weighted by Gasteiger charge is 2.15. The lowest BCUT2D eigenvalue weighted by atomic mass is 10.0. The number of aromatic amines is 1. The van der Waals surface area contributed by atoms with Crippen LogP contribution in [0, 0.1) is 0 Å². The van der Waals surface area contributed by atoms with E-state index < -0.39 is 6.10 Å². The fourth-order valence-corrected chi connectivity index (χ4v) is 1.64. The predicted molar refractivity (Wildman–Crippen MR) is 64.7 cm³/mol. The minimum absolute atomic E-state index is 0.374. The third-order valence-electron chi connectivity index (χ3n) is 2.48. The third-order valence-corrected chi connectivity index (χ3v) is 2.48. The van der Waals surface area contributed by atoms with Gasteiger partial charge in [-0.1, -0.05) is 12.1 Å². The van der Waals surface area contributed by atoms with Gasteiger partial charge >= 0.3 is 0 Å². The monoisotopic (exact) mass is 233 g/mol. The van der Waals surface area contributed by atoms with Crippen LogP contribution < -0.4 is 10.5 Å². The smallest absolute Gasteiger partial charge is 0.125 e. The maximum absolute atomic E-state index is 10.2. The molecular weight excluding hydrogens is 218 g/mol. The zero-order valence-corrected chi connectivity index (χ0v) is 9.55. The molecule has 0 aliphatic heterocycles. The van der Waals surface area contributed by atoms with E-state index in [4.69, 9.17) is 10.5 Å². The summed E-state index contributed by atoms with van der Waals surface area (Å²) in [5.74, 6) is 1.10. The van der Waals surface area contributed by atoms with Crippen LogP contribution in [0.5, 0.6) is 5.75 Å². The number of rotatable bonds is 4. The van der Waals surface area contributed by atoms with Crippen LogP contribution in [0.3, 0.4) is 0 Å². The third kappa shape index (κ3) is 2.39. The molecule has 5 nitrogen and oxygen atoms in total. The quantitative estimate of drug-likeness (QED) is 0.746. The summed E-state index contributed by atoms with van der Waals surface area (Å²) < 4.78 is 5.38. The van der Waals surface area contributed by atoms with Gasteiger partial charge in [0.05, 0.1) is 12.8 Å². The zero-order chi connectivity index (χ0) is 12.3. The number of nitrogens with zero attached hydrogens (tertiary/aromatic N) is 1. The Morgan fingerprint density at radius 2 is 2.35 bits per heavy atom. The summed E-state index contributed by atoms with van der Waals surface area (Å²) in [4.78, 5) is 0. The van der Waals surface area contributed by atoms with Crippen LogP contribution in [0.2, 0.25) is 0 Å². The summed E-state index contributed by atoms with van der Waals surface area (Å²) in [7, 11) is 0. The Balaban J connectivity index is 2.28. The average molecular weight is 233 g/mol. The molecule has 1 atom stereocenters. The van der Waals surface area contributed by atoms with Crippen molar-refractivity contribution in [3.63, 3.8) is 0 Å². The van der Waals surface area contributed by atoms with Crippen LogP contribution in [-0.4, -0.2) is 21.9 Å². The molecule has 4 N–H and O–H groups in total. The van der Waals surface area contributed by atoms with Gasteiger partial charge in [0.25, 0.3) is 0 Å². The van der Waals surface area contributed by atoms with Gasteiger partial charge in [0.2, 0.25) is 0 Å². The molecule has 1 aromatic heterocycles. The van der Waals surface area contributed by atoms with E-state index >= 15 is 0 Å². The molecule has 17 heavy (non-hydrogen) atoms. The molecule has 2 rings (SSSR count). The van der Waals surface area contributed by atoms with Crippen LogP contribution in [0.15, 0.2) is 30.5 Å². The Bertz CT molecular complexity index is 496. The van der Waals surface area contributed by atoms with E-state index in [1.165, 1.54) is 6.20 Å². The van der Waals surface area contributed by atoms with Gasteiger partial charge in [-0.05, 0) is 24.6 Å². The zero-order valence-electron chi connectivity index (χ0n) is 9.55. The van der Waals surface area contributed by atoms with E-state index in [-0.39, 0.29) is 0 Å². The molecule has 5 heteroatoms. The number of aliphatic hydroxyl groups excluding tert-OH is 1. The number of hydrogen-bond donors (Lipinski definition) is 3. The molecule has 2 aromatic rings. The van der Waals surface area contributed by atoms with Crippen molar-refractivity contribution in [1.29, 1.82) is 0 Å². The van der Waals surface area contributed by atoms with E-state index in [0.717, 1.165) is 11.3 Å². The number of nitrogens with two attached hydrogens (primary N) is 1. The Hall–Kier alpha value is -2.01. The van der Waals surface area contributed by atoms with Crippen LogP contribution in [0.1, 0.15) is 24.2 Å². The van der Waals surface area contributed by atoms with Crippen molar-refractivity contribution in [3.8, 4) is 5.75 Å². The molecule has 0 bridgehead atoms. The van der Waals surface area contributed by atoms with Crippen molar-refractivity contribution < 1.29 is 9.84 Å². The van der Waals surface area contributed by atoms with Crippen molar-refractivity contribution in [3.05, 3.63) is 41.6 Å². The fraction of sp³-hybridized carbons (Fsp3) is 0.250. The van der Waals surface area contributed by atoms with Gasteiger partial charge < -0.3 is 15.6 Å². The lowest BCUT2D eigenvalue weighted by Crippen LogP contribution is -2.02. The fourth-order valence-electron chi connectivity index (χ4n) is 1.64. The summed E-state index contributed by atoms with van der Waals surface area (Å²) >= 11 is 0. The Kier molecular flexibility index (Phi) is 3.30. The lowest BCUT2D eigenvalue weighted by molar-refractivity contribution is 0.220. The molecule has 0 aliphatic rings. The first-order valence-corrected chi connectivity index (χ1v) is 5.42. The lowest BCUT2D eigenvalue weighted by Gasteiger charge is -2.11. The molecule has 90 valence electrons. The van der Waals surface area contributed by atoms with Gasteiger partial charge in [-0.2, -0.15) is 5.10 Å².